The summed E-state index contributed by atoms with van der Waals surface area (Å²) < 4.78 is 7.64. The lowest BCUT2D eigenvalue weighted by molar-refractivity contribution is -0.130. The number of hydrogen-bond acceptors (Lipinski definition) is 6. The Morgan fingerprint density at radius 1 is 1.24 bits per heavy atom. The summed E-state index contributed by atoms with van der Waals surface area (Å²) in [5.74, 6) is 0.864. The van der Waals surface area contributed by atoms with Crippen LogP contribution in [0.2, 0.25) is 5.02 Å². The van der Waals surface area contributed by atoms with Gasteiger partial charge in [-0.1, -0.05) is 35.5 Å². The fraction of sp³-hybridized carbons (Fsp3) is 0.300. The number of aromatic nitrogens is 3. The highest BCUT2D eigenvalue weighted by molar-refractivity contribution is 7.99. The molecule has 1 aromatic carbocycles. The maximum absolute atomic E-state index is 13.1. The van der Waals surface area contributed by atoms with Crippen LogP contribution in [-0.4, -0.2) is 37.1 Å². The van der Waals surface area contributed by atoms with Crippen LogP contribution in [0.5, 0.6) is 0 Å². The van der Waals surface area contributed by atoms with E-state index in [2.05, 4.69) is 15.3 Å². The van der Waals surface area contributed by atoms with Crippen molar-refractivity contribution in [3.8, 4) is 0 Å². The van der Waals surface area contributed by atoms with Crippen molar-refractivity contribution in [2.24, 2.45) is 5.10 Å². The SMILES string of the molecule is O=C(CSc1nncn1C1CC1)N1N=C(c2ccc(Cl)cc2)CC1c1ccco1. The van der Waals surface area contributed by atoms with E-state index in [0.717, 1.165) is 35.0 Å². The molecule has 3 aromatic rings. The van der Waals surface area contributed by atoms with Crippen LogP contribution < -0.4 is 0 Å². The number of furan rings is 1. The normalized spacial score (nSPS) is 18.9. The van der Waals surface area contributed by atoms with Gasteiger partial charge in [-0.15, -0.1) is 10.2 Å². The molecule has 0 bridgehead atoms. The first-order chi connectivity index (χ1) is 14.2. The monoisotopic (exact) mass is 427 g/mol. The minimum absolute atomic E-state index is 0.0919. The van der Waals surface area contributed by atoms with Crippen LogP contribution in [0.4, 0.5) is 0 Å². The summed E-state index contributed by atoms with van der Waals surface area (Å²) in [6.45, 7) is 0. The minimum Gasteiger partial charge on any atom is -0.467 e. The van der Waals surface area contributed by atoms with Crippen LogP contribution >= 0.6 is 23.4 Å². The number of carbonyl (C=O) groups is 1. The Kier molecular flexibility index (Phi) is 4.89. The predicted octanol–water partition coefficient (Wildman–Crippen LogP) is 4.33. The first-order valence-corrected chi connectivity index (χ1v) is 10.8. The van der Waals surface area contributed by atoms with Gasteiger partial charge in [0, 0.05) is 17.5 Å². The highest BCUT2D eigenvalue weighted by Crippen LogP contribution is 2.38. The third-order valence-corrected chi connectivity index (χ3v) is 6.21. The van der Waals surface area contributed by atoms with Crippen LogP contribution in [0.25, 0.3) is 0 Å². The molecule has 2 aromatic heterocycles. The lowest BCUT2D eigenvalue weighted by Gasteiger charge is -2.19. The van der Waals surface area contributed by atoms with E-state index in [1.807, 2.05) is 41.0 Å². The van der Waals surface area contributed by atoms with Gasteiger partial charge in [-0.25, -0.2) is 5.01 Å². The van der Waals surface area contributed by atoms with E-state index in [4.69, 9.17) is 16.0 Å². The average Bonchev–Trinajstić information content (AvgIpc) is 3.16. The first kappa shape index (κ1) is 18.4. The van der Waals surface area contributed by atoms with E-state index in [1.54, 1.807) is 12.6 Å². The number of nitrogens with zero attached hydrogens (tertiary/aromatic N) is 5. The number of carbonyl (C=O) groups excluding carboxylic acids is 1. The molecule has 1 amide bonds. The van der Waals surface area contributed by atoms with Crippen molar-refractivity contribution in [2.75, 3.05) is 5.75 Å². The zero-order valence-electron chi connectivity index (χ0n) is 15.4. The molecule has 1 aliphatic carbocycles. The summed E-state index contributed by atoms with van der Waals surface area (Å²) >= 11 is 7.40. The molecule has 2 aliphatic rings. The lowest BCUT2D eigenvalue weighted by atomic mass is 10.0. The van der Waals surface area contributed by atoms with Crippen molar-refractivity contribution in [3.63, 3.8) is 0 Å². The first-order valence-electron chi connectivity index (χ1n) is 9.40. The summed E-state index contributed by atoms with van der Waals surface area (Å²) in [6, 6.07) is 11.4. The van der Waals surface area contributed by atoms with E-state index in [1.165, 1.54) is 16.8 Å². The number of hydrogen-bond donors (Lipinski definition) is 0. The minimum atomic E-state index is -0.259. The van der Waals surface area contributed by atoms with Gasteiger partial charge < -0.3 is 8.98 Å². The number of rotatable bonds is 6. The maximum Gasteiger partial charge on any atom is 0.253 e. The van der Waals surface area contributed by atoms with E-state index in [0.29, 0.717) is 17.5 Å². The molecule has 1 unspecified atom stereocenters. The molecular formula is C20H18ClN5O2S. The Labute approximate surface area is 176 Å². The second-order valence-electron chi connectivity index (χ2n) is 7.07. The highest BCUT2D eigenvalue weighted by atomic mass is 35.5. The van der Waals surface area contributed by atoms with Crippen LogP contribution in [-0.2, 0) is 4.79 Å². The fourth-order valence-electron chi connectivity index (χ4n) is 3.39. The largest absolute Gasteiger partial charge is 0.467 e. The van der Waals surface area contributed by atoms with Gasteiger partial charge >= 0.3 is 0 Å². The highest BCUT2D eigenvalue weighted by Gasteiger charge is 2.35. The van der Waals surface area contributed by atoms with Crippen molar-refractivity contribution in [1.29, 1.82) is 0 Å². The fourth-order valence-corrected chi connectivity index (χ4v) is 4.35. The number of hydrazone groups is 1. The Bertz CT molecular complexity index is 1040. The predicted molar refractivity (Wildman–Crippen MR) is 110 cm³/mol. The Hall–Kier alpha value is -2.58. The molecule has 0 saturated heterocycles. The molecule has 7 nitrogen and oxygen atoms in total. The molecule has 9 heteroatoms. The van der Waals surface area contributed by atoms with E-state index in [9.17, 15) is 4.79 Å². The second kappa shape index (κ2) is 7.68. The molecule has 1 aliphatic heterocycles. The van der Waals surface area contributed by atoms with Gasteiger partial charge in [-0.2, -0.15) is 5.10 Å². The van der Waals surface area contributed by atoms with Crippen molar-refractivity contribution < 1.29 is 9.21 Å². The molecule has 1 atom stereocenters. The molecule has 1 saturated carbocycles. The second-order valence-corrected chi connectivity index (χ2v) is 8.45. The molecule has 0 spiro atoms. The number of halogens is 1. The van der Waals surface area contributed by atoms with Gasteiger partial charge in [-0.3, -0.25) is 4.79 Å². The summed E-state index contributed by atoms with van der Waals surface area (Å²) in [5.41, 5.74) is 1.78. The Balaban J connectivity index is 1.36. The van der Waals surface area contributed by atoms with Gasteiger partial charge in [0.25, 0.3) is 5.91 Å². The summed E-state index contributed by atoms with van der Waals surface area (Å²) in [4.78, 5) is 13.1. The smallest absolute Gasteiger partial charge is 0.253 e. The molecule has 5 rings (SSSR count). The summed E-state index contributed by atoms with van der Waals surface area (Å²) in [6.07, 6.45) is 6.22. The molecule has 3 heterocycles. The van der Waals surface area contributed by atoms with Crippen LogP contribution in [0.15, 0.2) is 63.7 Å². The third-order valence-electron chi connectivity index (χ3n) is 5.02. The molecular weight excluding hydrogens is 410 g/mol. The standard InChI is InChI=1S/C20H18ClN5O2S/c21-14-5-3-13(4-6-14)16-10-17(18-2-1-9-28-18)26(24-16)19(27)11-29-20-23-22-12-25(20)15-7-8-15/h1-6,9,12,15,17H,7-8,10-11H2. The quantitative estimate of drug-likeness (QED) is 0.547. The van der Waals surface area contributed by atoms with Gasteiger partial charge in [-0.05, 0) is 42.7 Å². The number of amides is 1. The van der Waals surface area contributed by atoms with Crippen molar-refractivity contribution in [1.82, 2.24) is 19.8 Å². The number of benzene rings is 1. The van der Waals surface area contributed by atoms with E-state index in [-0.39, 0.29) is 17.7 Å². The van der Waals surface area contributed by atoms with E-state index < -0.39 is 0 Å². The zero-order valence-corrected chi connectivity index (χ0v) is 17.0. The summed E-state index contributed by atoms with van der Waals surface area (Å²) in [5, 5.41) is 15.8. The molecule has 0 N–H and O–H groups in total. The zero-order chi connectivity index (χ0) is 19.8. The molecule has 0 radical (unpaired) electrons. The Morgan fingerprint density at radius 2 is 2.07 bits per heavy atom. The molecule has 29 heavy (non-hydrogen) atoms. The average molecular weight is 428 g/mol. The maximum atomic E-state index is 13.1. The third kappa shape index (κ3) is 3.82. The van der Waals surface area contributed by atoms with Crippen LogP contribution in [0.1, 0.15) is 42.7 Å². The van der Waals surface area contributed by atoms with Gasteiger partial charge in [0.2, 0.25) is 0 Å². The lowest BCUT2D eigenvalue weighted by Crippen LogP contribution is -2.28. The molecule has 1 fully saturated rings. The van der Waals surface area contributed by atoms with Gasteiger partial charge in [0.05, 0.1) is 17.7 Å². The van der Waals surface area contributed by atoms with E-state index >= 15 is 0 Å². The van der Waals surface area contributed by atoms with Crippen molar-refractivity contribution >= 4 is 35.0 Å². The van der Waals surface area contributed by atoms with Gasteiger partial charge in [0.1, 0.15) is 18.1 Å². The number of thioether (sulfide) groups is 1. The Morgan fingerprint density at radius 3 is 2.79 bits per heavy atom. The summed E-state index contributed by atoms with van der Waals surface area (Å²) in [7, 11) is 0. The molecule has 148 valence electrons. The van der Waals surface area contributed by atoms with Crippen molar-refractivity contribution in [2.45, 2.75) is 36.5 Å². The van der Waals surface area contributed by atoms with Crippen molar-refractivity contribution in [3.05, 3.63) is 65.3 Å². The topological polar surface area (TPSA) is 76.5 Å². The van der Waals surface area contributed by atoms with Crippen LogP contribution in [0, 0.1) is 0 Å². The van der Waals surface area contributed by atoms with Gasteiger partial charge in [0.15, 0.2) is 5.16 Å². The van der Waals surface area contributed by atoms with Crippen LogP contribution in [0.3, 0.4) is 0 Å².